The molecule has 0 saturated heterocycles. The molecule has 4 rings (SSSR count). The van der Waals surface area contributed by atoms with Crippen molar-refractivity contribution < 1.29 is 0 Å². The summed E-state index contributed by atoms with van der Waals surface area (Å²) in [4.78, 5) is 13.5. The van der Waals surface area contributed by atoms with Gasteiger partial charge in [0.15, 0.2) is 5.82 Å². The Morgan fingerprint density at radius 2 is 2.12 bits per heavy atom. The Morgan fingerprint density at radius 3 is 2.84 bits per heavy atom. The van der Waals surface area contributed by atoms with Crippen molar-refractivity contribution in [1.82, 2.24) is 24.7 Å². The van der Waals surface area contributed by atoms with Crippen LogP contribution >= 0.6 is 0 Å². The van der Waals surface area contributed by atoms with E-state index in [2.05, 4.69) is 25.4 Å². The molecule has 1 aliphatic carbocycles. The zero-order valence-electron chi connectivity index (χ0n) is 14.6. The Labute approximate surface area is 147 Å². The molecule has 3 aromatic heterocycles. The molecule has 0 aromatic carbocycles. The molecule has 0 amide bonds. The van der Waals surface area contributed by atoms with E-state index in [4.69, 9.17) is 0 Å². The summed E-state index contributed by atoms with van der Waals surface area (Å²) >= 11 is 0. The Hall–Kier alpha value is -2.76. The van der Waals surface area contributed by atoms with Crippen LogP contribution in [0.1, 0.15) is 42.1 Å². The Bertz CT molecular complexity index is 867. The maximum absolute atomic E-state index is 4.63. The molecule has 25 heavy (non-hydrogen) atoms. The van der Waals surface area contributed by atoms with Gasteiger partial charge in [-0.1, -0.05) is 12.5 Å². The van der Waals surface area contributed by atoms with Gasteiger partial charge in [0.2, 0.25) is 0 Å². The predicted octanol–water partition coefficient (Wildman–Crippen LogP) is 3.46. The third-order valence-corrected chi connectivity index (χ3v) is 4.82. The standard InChI is InChI=1S/C19H22N6/c1-13-10-18(24-19(23-13)16-8-3-4-9-20-16)21-12-17-15(11-22-25(17)2)14-6-5-7-14/h3-4,8-11,14H,5-7,12H2,1-2H3,(H,21,23,24). The highest BCUT2D eigenvalue weighted by molar-refractivity contribution is 5.52. The number of rotatable bonds is 5. The van der Waals surface area contributed by atoms with Gasteiger partial charge in [-0.3, -0.25) is 9.67 Å². The monoisotopic (exact) mass is 334 g/mol. The maximum Gasteiger partial charge on any atom is 0.180 e. The SMILES string of the molecule is Cc1cc(NCc2c(C3CCC3)cnn2C)nc(-c2ccccn2)n1. The molecule has 0 radical (unpaired) electrons. The molecule has 1 saturated carbocycles. The fraction of sp³-hybridized carbons (Fsp3) is 0.368. The van der Waals surface area contributed by atoms with Gasteiger partial charge in [-0.15, -0.1) is 0 Å². The molecule has 128 valence electrons. The zero-order valence-corrected chi connectivity index (χ0v) is 14.6. The number of hydrogen-bond acceptors (Lipinski definition) is 5. The molecule has 1 N–H and O–H groups in total. The van der Waals surface area contributed by atoms with Crippen LogP contribution in [0.2, 0.25) is 0 Å². The minimum atomic E-state index is 0.646. The van der Waals surface area contributed by atoms with Crippen LogP contribution in [0.5, 0.6) is 0 Å². The number of hydrogen-bond donors (Lipinski definition) is 1. The van der Waals surface area contributed by atoms with E-state index in [1.165, 1.54) is 30.5 Å². The second-order valence-electron chi connectivity index (χ2n) is 6.58. The number of aryl methyl sites for hydroxylation is 2. The maximum atomic E-state index is 4.63. The van der Waals surface area contributed by atoms with Gasteiger partial charge in [0.05, 0.1) is 18.4 Å². The van der Waals surface area contributed by atoms with Crippen molar-refractivity contribution in [2.24, 2.45) is 7.05 Å². The van der Waals surface area contributed by atoms with E-state index in [1.54, 1.807) is 6.20 Å². The summed E-state index contributed by atoms with van der Waals surface area (Å²) in [5.41, 5.74) is 4.31. The molecule has 0 bridgehead atoms. The Morgan fingerprint density at radius 1 is 1.24 bits per heavy atom. The molecule has 3 aromatic rings. The summed E-state index contributed by atoms with van der Waals surface area (Å²) in [5, 5.41) is 7.89. The van der Waals surface area contributed by atoms with E-state index >= 15 is 0 Å². The van der Waals surface area contributed by atoms with Gasteiger partial charge < -0.3 is 5.32 Å². The van der Waals surface area contributed by atoms with E-state index in [1.807, 2.05) is 49.1 Å². The molecule has 0 atom stereocenters. The molecular weight excluding hydrogens is 312 g/mol. The second kappa shape index (κ2) is 6.63. The first-order valence-corrected chi connectivity index (χ1v) is 8.72. The lowest BCUT2D eigenvalue weighted by Gasteiger charge is -2.25. The number of pyridine rings is 1. The van der Waals surface area contributed by atoms with Crippen molar-refractivity contribution in [2.45, 2.75) is 38.6 Å². The minimum absolute atomic E-state index is 0.646. The van der Waals surface area contributed by atoms with Crippen LogP contribution in [0.3, 0.4) is 0 Å². The quantitative estimate of drug-likeness (QED) is 0.774. The van der Waals surface area contributed by atoms with Crippen molar-refractivity contribution in [2.75, 3.05) is 5.32 Å². The van der Waals surface area contributed by atoms with E-state index in [0.29, 0.717) is 18.3 Å². The third-order valence-electron chi connectivity index (χ3n) is 4.82. The first-order valence-electron chi connectivity index (χ1n) is 8.72. The minimum Gasteiger partial charge on any atom is -0.364 e. The van der Waals surface area contributed by atoms with Crippen LogP contribution < -0.4 is 5.32 Å². The lowest BCUT2D eigenvalue weighted by Crippen LogP contribution is -2.14. The van der Waals surface area contributed by atoms with Crippen molar-refractivity contribution in [3.8, 4) is 11.5 Å². The lowest BCUT2D eigenvalue weighted by atomic mass is 9.80. The van der Waals surface area contributed by atoms with Crippen molar-refractivity contribution in [3.05, 3.63) is 53.6 Å². The van der Waals surface area contributed by atoms with Gasteiger partial charge in [0.25, 0.3) is 0 Å². The molecule has 1 fully saturated rings. The highest BCUT2D eigenvalue weighted by Crippen LogP contribution is 2.37. The lowest BCUT2D eigenvalue weighted by molar-refractivity contribution is 0.417. The fourth-order valence-electron chi connectivity index (χ4n) is 3.20. The molecule has 6 heteroatoms. The van der Waals surface area contributed by atoms with Crippen molar-refractivity contribution in [3.63, 3.8) is 0 Å². The van der Waals surface area contributed by atoms with Crippen LogP contribution in [0, 0.1) is 6.92 Å². The smallest absolute Gasteiger partial charge is 0.180 e. The Balaban J connectivity index is 1.56. The largest absolute Gasteiger partial charge is 0.364 e. The molecule has 0 unspecified atom stereocenters. The second-order valence-corrected chi connectivity index (χ2v) is 6.58. The van der Waals surface area contributed by atoms with Gasteiger partial charge in [-0.2, -0.15) is 5.10 Å². The summed E-state index contributed by atoms with van der Waals surface area (Å²) in [5.74, 6) is 2.13. The van der Waals surface area contributed by atoms with Gasteiger partial charge in [0, 0.05) is 25.0 Å². The predicted molar refractivity (Wildman–Crippen MR) is 97.1 cm³/mol. The molecule has 3 heterocycles. The Kier molecular flexibility index (Phi) is 4.17. The number of nitrogens with one attached hydrogen (secondary N) is 1. The van der Waals surface area contributed by atoms with Crippen molar-refractivity contribution in [1.29, 1.82) is 0 Å². The summed E-state index contributed by atoms with van der Waals surface area (Å²) in [6.45, 7) is 2.68. The summed E-state index contributed by atoms with van der Waals surface area (Å²) in [6, 6.07) is 7.73. The first-order chi connectivity index (χ1) is 12.2. The molecule has 1 aliphatic rings. The van der Waals surface area contributed by atoms with Gasteiger partial charge >= 0.3 is 0 Å². The highest BCUT2D eigenvalue weighted by Gasteiger charge is 2.24. The van der Waals surface area contributed by atoms with Gasteiger partial charge in [0.1, 0.15) is 11.5 Å². The van der Waals surface area contributed by atoms with Gasteiger partial charge in [-0.05, 0) is 43.4 Å². The number of anilines is 1. The number of nitrogens with zero attached hydrogens (tertiary/aromatic N) is 5. The van der Waals surface area contributed by atoms with Crippen LogP contribution in [0.15, 0.2) is 36.7 Å². The molecular formula is C19H22N6. The molecule has 6 nitrogen and oxygen atoms in total. The topological polar surface area (TPSA) is 68.5 Å². The van der Waals surface area contributed by atoms with Gasteiger partial charge in [-0.25, -0.2) is 9.97 Å². The first kappa shape index (κ1) is 15.7. The van der Waals surface area contributed by atoms with E-state index in [9.17, 15) is 0 Å². The molecule has 0 spiro atoms. The van der Waals surface area contributed by atoms with E-state index < -0.39 is 0 Å². The zero-order chi connectivity index (χ0) is 17.2. The van der Waals surface area contributed by atoms with E-state index in [0.717, 1.165) is 17.2 Å². The van der Waals surface area contributed by atoms with Crippen LogP contribution in [0.4, 0.5) is 5.82 Å². The normalized spacial score (nSPS) is 14.3. The average molecular weight is 334 g/mol. The van der Waals surface area contributed by atoms with Crippen LogP contribution in [-0.4, -0.2) is 24.7 Å². The third kappa shape index (κ3) is 3.24. The highest BCUT2D eigenvalue weighted by atomic mass is 15.3. The molecule has 0 aliphatic heterocycles. The summed E-state index contributed by atoms with van der Waals surface area (Å²) in [7, 11) is 2.00. The number of aromatic nitrogens is 5. The van der Waals surface area contributed by atoms with E-state index in [-0.39, 0.29) is 0 Å². The van der Waals surface area contributed by atoms with Crippen molar-refractivity contribution >= 4 is 5.82 Å². The fourth-order valence-corrected chi connectivity index (χ4v) is 3.20. The van der Waals surface area contributed by atoms with Crippen LogP contribution in [-0.2, 0) is 13.6 Å². The van der Waals surface area contributed by atoms with Crippen LogP contribution in [0.25, 0.3) is 11.5 Å². The average Bonchev–Trinajstić information content (AvgIpc) is 2.92. The summed E-state index contributed by atoms with van der Waals surface area (Å²) in [6.07, 6.45) is 7.65. The summed E-state index contributed by atoms with van der Waals surface area (Å²) < 4.78 is 1.97.